The minimum atomic E-state index is -0.500. The third-order valence-corrected chi connectivity index (χ3v) is 0.622. The van der Waals surface area contributed by atoms with Gasteiger partial charge in [-0.3, -0.25) is 0 Å². The van der Waals surface area contributed by atoms with E-state index in [9.17, 15) is 0 Å². The lowest BCUT2D eigenvalue weighted by molar-refractivity contribution is 0.102. The van der Waals surface area contributed by atoms with E-state index in [1.807, 2.05) is 0 Å². The van der Waals surface area contributed by atoms with Gasteiger partial charge in [0.1, 0.15) is 0 Å². The molecule has 1 aliphatic rings. The Morgan fingerprint density at radius 1 is 1.33 bits per heavy atom. The van der Waals surface area contributed by atoms with Crippen LogP contribution in [0, 0.1) is 0 Å². The molecule has 0 unspecified atom stereocenters. The molecule has 9 heavy (non-hydrogen) atoms. The van der Waals surface area contributed by atoms with E-state index in [1.54, 1.807) is 20.8 Å². The molecule has 0 aromatic rings. The third kappa shape index (κ3) is 32.6. The SMILES string of the molecule is CC(C)(C)O.NC1CC1. The Balaban J connectivity index is 0.000000144. The molecule has 2 heteroatoms. The largest absolute Gasteiger partial charge is 0.391 e. The van der Waals surface area contributed by atoms with Crippen molar-refractivity contribution in [2.75, 3.05) is 0 Å². The second-order valence-corrected chi connectivity index (χ2v) is 3.51. The average molecular weight is 131 g/mol. The number of rotatable bonds is 0. The predicted molar refractivity (Wildman–Crippen MR) is 39.2 cm³/mol. The quantitative estimate of drug-likeness (QED) is 0.512. The van der Waals surface area contributed by atoms with Crippen LogP contribution in [-0.4, -0.2) is 16.7 Å². The van der Waals surface area contributed by atoms with Crippen LogP contribution in [0.5, 0.6) is 0 Å². The minimum Gasteiger partial charge on any atom is -0.391 e. The van der Waals surface area contributed by atoms with Crippen molar-refractivity contribution in [3.05, 3.63) is 0 Å². The van der Waals surface area contributed by atoms with Crippen molar-refractivity contribution in [3.8, 4) is 0 Å². The Labute approximate surface area is 57.1 Å². The zero-order chi connectivity index (χ0) is 7.49. The van der Waals surface area contributed by atoms with Gasteiger partial charge in [0.05, 0.1) is 5.60 Å². The first-order valence-corrected chi connectivity index (χ1v) is 3.37. The fourth-order valence-corrected chi connectivity index (χ4v) is 0.0962. The van der Waals surface area contributed by atoms with Crippen LogP contribution in [-0.2, 0) is 0 Å². The second kappa shape index (κ2) is 3.18. The summed E-state index contributed by atoms with van der Waals surface area (Å²) in [5, 5.41) is 8.52. The minimum absolute atomic E-state index is 0.500. The molecular formula is C7H17NO. The van der Waals surface area contributed by atoms with Crippen molar-refractivity contribution in [1.82, 2.24) is 0 Å². The van der Waals surface area contributed by atoms with Crippen LogP contribution in [0.3, 0.4) is 0 Å². The number of hydrogen-bond donors (Lipinski definition) is 2. The zero-order valence-electron chi connectivity index (χ0n) is 6.52. The maximum Gasteiger partial charge on any atom is 0.0563 e. The normalized spacial score (nSPS) is 18.3. The number of aliphatic hydroxyl groups is 1. The molecule has 0 aliphatic heterocycles. The van der Waals surface area contributed by atoms with Crippen molar-refractivity contribution in [2.45, 2.75) is 45.3 Å². The standard InChI is InChI=1S/C4H10O.C3H7N/c1-4(2,3)5;4-3-1-2-3/h5H,1-3H3;3H,1-2,4H2. The molecule has 1 aliphatic carbocycles. The fourth-order valence-electron chi connectivity index (χ4n) is 0.0962. The Kier molecular flexibility index (Phi) is 3.15. The molecule has 1 fully saturated rings. The van der Waals surface area contributed by atoms with Crippen LogP contribution in [0.4, 0.5) is 0 Å². The van der Waals surface area contributed by atoms with E-state index in [0.29, 0.717) is 6.04 Å². The van der Waals surface area contributed by atoms with Crippen LogP contribution in [0.15, 0.2) is 0 Å². The van der Waals surface area contributed by atoms with E-state index in [-0.39, 0.29) is 0 Å². The van der Waals surface area contributed by atoms with Gasteiger partial charge in [0.15, 0.2) is 0 Å². The Morgan fingerprint density at radius 3 is 1.44 bits per heavy atom. The molecule has 0 saturated heterocycles. The van der Waals surface area contributed by atoms with Gasteiger partial charge in [-0.2, -0.15) is 0 Å². The molecule has 56 valence electrons. The Bertz CT molecular complexity index is 65.5. The number of hydrogen-bond acceptors (Lipinski definition) is 2. The maximum absolute atomic E-state index is 8.52. The van der Waals surface area contributed by atoms with E-state index >= 15 is 0 Å². The predicted octanol–water partition coefficient (Wildman–Crippen LogP) is 0.885. The summed E-state index contributed by atoms with van der Waals surface area (Å²) in [4.78, 5) is 0. The molecule has 1 saturated carbocycles. The lowest BCUT2D eigenvalue weighted by Crippen LogP contribution is -2.10. The molecule has 2 nitrogen and oxygen atoms in total. The van der Waals surface area contributed by atoms with Gasteiger partial charge in [-0.05, 0) is 33.6 Å². The lowest BCUT2D eigenvalue weighted by Gasteiger charge is -2.04. The molecule has 0 spiro atoms. The zero-order valence-corrected chi connectivity index (χ0v) is 6.52. The summed E-state index contributed by atoms with van der Waals surface area (Å²) < 4.78 is 0. The first kappa shape index (κ1) is 8.92. The molecule has 0 bridgehead atoms. The maximum atomic E-state index is 8.52. The monoisotopic (exact) mass is 131 g/mol. The molecular weight excluding hydrogens is 114 g/mol. The lowest BCUT2D eigenvalue weighted by atomic mass is 10.2. The first-order chi connectivity index (χ1) is 3.89. The van der Waals surface area contributed by atoms with Crippen molar-refractivity contribution in [1.29, 1.82) is 0 Å². The van der Waals surface area contributed by atoms with Crippen LogP contribution in [0.2, 0.25) is 0 Å². The van der Waals surface area contributed by atoms with Crippen LogP contribution in [0.25, 0.3) is 0 Å². The molecule has 0 aromatic carbocycles. The summed E-state index contributed by atoms with van der Waals surface area (Å²) in [6, 6.07) is 0.583. The summed E-state index contributed by atoms with van der Waals surface area (Å²) in [6.45, 7) is 5.23. The van der Waals surface area contributed by atoms with Gasteiger partial charge in [-0.15, -0.1) is 0 Å². The Morgan fingerprint density at radius 2 is 1.44 bits per heavy atom. The summed E-state index contributed by atoms with van der Waals surface area (Å²) in [5.74, 6) is 0. The van der Waals surface area contributed by atoms with Crippen molar-refractivity contribution < 1.29 is 5.11 Å². The molecule has 0 amide bonds. The van der Waals surface area contributed by atoms with Gasteiger partial charge in [0, 0.05) is 6.04 Å². The van der Waals surface area contributed by atoms with Crippen LogP contribution < -0.4 is 5.73 Å². The summed E-state index contributed by atoms with van der Waals surface area (Å²) in [6.07, 6.45) is 2.53. The molecule has 3 N–H and O–H groups in total. The Hall–Kier alpha value is -0.0800. The smallest absolute Gasteiger partial charge is 0.0563 e. The van der Waals surface area contributed by atoms with Gasteiger partial charge in [0.25, 0.3) is 0 Å². The first-order valence-electron chi connectivity index (χ1n) is 3.37. The van der Waals surface area contributed by atoms with Gasteiger partial charge in [-0.25, -0.2) is 0 Å². The van der Waals surface area contributed by atoms with E-state index in [2.05, 4.69) is 0 Å². The van der Waals surface area contributed by atoms with E-state index in [0.717, 1.165) is 0 Å². The van der Waals surface area contributed by atoms with E-state index in [4.69, 9.17) is 10.8 Å². The van der Waals surface area contributed by atoms with Gasteiger partial charge in [-0.1, -0.05) is 0 Å². The molecule has 0 atom stereocenters. The fraction of sp³-hybridized carbons (Fsp3) is 1.00. The summed E-state index contributed by atoms with van der Waals surface area (Å²) in [5.41, 5.74) is 4.72. The van der Waals surface area contributed by atoms with Gasteiger partial charge >= 0.3 is 0 Å². The van der Waals surface area contributed by atoms with Crippen LogP contribution in [0.1, 0.15) is 33.6 Å². The third-order valence-electron chi connectivity index (χ3n) is 0.622. The second-order valence-electron chi connectivity index (χ2n) is 3.51. The molecule has 0 aromatic heterocycles. The molecule has 0 heterocycles. The van der Waals surface area contributed by atoms with Gasteiger partial charge in [0.2, 0.25) is 0 Å². The van der Waals surface area contributed by atoms with Crippen LogP contribution >= 0.6 is 0 Å². The van der Waals surface area contributed by atoms with Crippen molar-refractivity contribution in [3.63, 3.8) is 0 Å². The van der Waals surface area contributed by atoms with Crippen molar-refractivity contribution in [2.24, 2.45) is 5.73 Å². The average Bonchev–Trinajstić information content (AvgIpc) is 2.13. The highest BCUT2D eigenvalue weighted by molar-refractivity contribution is 4.75. The topological polar surface area (TPSA) is 46.2 Å². The van der Waals surface area contributed by atoms with E-state index in [1.165, 1.54) is 12.8 Å². The van der Waals surface area contributed by atoms with Gasteiger partial charge < -0.3 is 10.8 Å². The summed E-state index contributed by atoms with van der Waals surface area (Å²) in [7, 11) is 0. The molecule has 0 radical (unpaired) electrons. The highest BCUT2D eigenvalue weighted by atomic mass is 16.3. The van der Waals surface area contributed by atoms with Crippen molar-refractivity contribution >= 4 is 0 Å². The highest BCUT2D eigenvalue weighted by Gasteiger charge is 2.13. The molecule has 1 rings (SSSR count). The summed E-state index contributed by atoms with van der Waals surface area (Å²) >= 11 is 0. The van der Waals surface area contributed by atoms with E-state index < -0.39 is 5.60 Å². The number of nitrogens with two attached hydrogens (primary N) is 1. The highest BCUT2D eigenvalue weighted by Crippen LogP contribution is 2.13.